The van der Waals surface area contributed by atoms with E-state index in [1.165, 1.54) is 17.2 Å². The van der Waals surface area contributed by atoms with Gasteiger partial charge in [0.15, 0.2) is 10.5 Å². The van der Waals surface area contributed by atoms with Gasteiger partial charge in [-0.2, -0.15) is 0 Å². The van der Waals surface area contributed by atoms with Crippen LogP contribution < -0.4 is 20.4 Å². The fourth-order valence-electron chi connectivity index (χ4n) is 4.05. The van der Waals surface area contributed by atoms with Gasteiger partial charge >= 0.3 is 0 Å². The Balaban J connectivity index is 1.48. The molecule has 7 nitrogen and oxygen atoms in total. The Hall–Kier alpha value is -4.56. The van der Waals surface area contributed by atoms with Crippen molar-refractivity contribution in [2.75, 3.05) is 4.90 Å². The monoisotopic (exact) mass is 496 g/mol. The Morgan fingerprint density at radius 1 is 0.944 bits per heavy atom. The molecule has 0 aliphatic carbocycles. The number of nitrogens with zero attached hydrogens (tertiary/aromatic N) is 1. The van der Waals surface area contributed by atoms with Gasteiger partial charge in [0.05, 0.1) is 16.6 Å². The largest absolute Gasteiger partial charge is 0.463 e. The summed E-state index contributed by atoms with van der Waals surface area (Å²) in [6.45, 7) is 3.73. The molecule has 3 aromatic carbocycles. The SMILES string of the molecule is Cc1cc(C)c2occ(C=C3C(=O)NC(=S)N(c4ccc(Oc5ccccc5)cc4)C3=O)c(=O)c2c1. The Morgan fingerprint density at radius 2 is 1.64 bits per heavy atom. The van der Waals surface area contributed by atoms with Crippen LogP contribution in [0.2, 0.25) is 0 Å². The maximum Gasteiger partial charge on any atom is 0.270 e. The Morgan fingerprint density at radius 3 is 2.36 bits per heavy atom. The van der Waals surface area contributed by atoms with Crippen molar-refractivity contribution in [3.63, 3.8) is 0 Å². The summed E-state index contributed by atoms with van der Waals surface area (Å²) in [4.78, 5) is 40.3. The Bertz CT molecular complexity index is 1620. The molecule has 0 unspecified atom stereocenters. The highest BCUT2D eigenvalue weighted by atomic mass is 32.1. The lowest BCUT2D eigenvalue weighted by Gasteiger charge is -2.29. The minimum absolute atomic E-state index is 0.0596. The van der Waals surface area contributed by atoms with E-state index in [0.29, 0.717) is 28.2 Å². The molecular weight excluding hydrogens is 476 g/mol. The lowest BCUT2D eigenvalue weighted by molar-refractivity contribution is -0.122. The number of thiocarbonyl (C=S) groups is 1. The average molecular weight is 497 g/mol. The standard InChI is InChI=1S/C28H20N2O5S/c1-16-12-17(2)25-22(13-16)24(31)18(15-34-25)14-23-26(32)29-28(36)30(27(23)33)19-8-10-21(11-9-19)35-20-6-4-3-5-7-20/h3-15H,1-2H3,(H,29,32,36). The molecule has 178 valence electrons. The molecule has 0 saturated carbocycles. The number of anilines is 1. The molecule has 0 spiro atoms. The van der Waals surface area contributed by atoms with Crippen LogP contribution in [-0.2, 0) is 9.59 Å². The number of benzene rings is 3. The van der Waals surface area contributed by atoms with Crippen molar-refractivity contribution < 1.29 is 18.7 Å². The molecule has 1 aliphatic heterocycles. The Kier molecular flexibility index (Phi) is 5.95. The minimum Gasteiger partial charge on any atom is -0.463 e. The molecule has 1 saturated heterocycles. The zero-order valence-corrected chi connectivity index (χ0v) is 20.2. The summed E-state index contributed by atoms with van der Waals surface area (Å²) >= 11 is 5.27. The van der Waals surface area contributed by atoms with Gasteiger partial charge in [-0.3, -0.25) is 24.6 Å². The number of hydrogen-bond acceptors (Lipinski definition) is 6. The molecule has 8 heteroatoms. The average Bonchev–Trinajstić information content (AvgIpc) is 2.85. The van der Waals surface area contributed by atoms with Crippen LogP contribution in [0.1, 0.15) is 16.7 Å². The lowest BCUT2D eigenvalue weighted by atomic mass is 10.0. The maximum atomic E-state index is 13.4. The van der Waals surface area contributed by atoms with Crippen LogP contribution in [-0.4, -0.2) is 16.9 Å². The fraction of sp³-hybridized carbons (Fsp3) is 0.0714. The van der Waals surface area contributed by atoms with Crippen LogP contribution >= 0.6 is 12.2 Å². The molecule has 1 N–H and O–H groups in total. The normalized spacial score (nSPS) is 14.9. The highest BCUT2D eigenvalue weighted by Crippen LogP contribution is 2.27. The molecule has 2 heterocycles. The van der Waals surface area contributed by atoms with Gasteiger partial charge in [-0.1, -0.05) is 24.3 Å². The molecule has 2 amide bonds. The van der Waals surface area contributed by atoms with Gasteiger partial charge in [-0.05, 0) is 85.7 Å². The molecular formula is C28H20N2O5S. The van der Waals surface area contributed by atoms with Crippen molar-refractivity contribution in [1.29, 1.82) is 0 Å². The van der Waals surface area contributed by atoms with E-state index in [9.17, 15) is 14.4 Å². The first-order chi connectivity index (χ1) is 17.3. The summed E-state index contributed by atoms with van der Waals surface area (Å²) in [7, 11) is 0. The zero-order valence-electron chi connectivity index (χ0n) is 19.4. The van der Waals surface area contributed by atoms with E-state index in [0.717, 1.165) is 11.1 Å². The summed E-state index contributed by atoms with van der Waals surface area (Å²) in [5.74, 6) is -0.100. The van der Waals surface area contributed by atoms with E-state index in [1.54, 1.807) is 30.3 Å². The van der Waals surface area contributed by atoms with Crippen LogP contribution in [0.15, 0.2) is 87.8 Å². The number of fused-ring (bicyclic) bond motifs is 1. The third kappa shape index (κ3) is 4.30. The number of aryl methyl sites for hydroxylation is 2. The third-order valence-electron chi connectivity index (χ3n) is 5.70. The van der Waals surface area contributed by atoms with Gasteiger partial charge in [-0.15, -0.1) is 0 Å². The number of nitrogens with one attached hydrogen (secondary N) is 1. The highest BCUT2D eigenvalue weighted by molar-refractivity contribution is 7.80. The van der Waals surface area contributed by atoms with Crippen molar-refractivity contribution in [2.24, 2.45) is 0 Å². The summed E-state index contributed by atoms with van der Waals surface area (Å²) in [5, 5.41) is 2.85. The lowest BCUT2D eigenvalue weighted by Crippen LogP contribution is -2.54. The van der Waals surface area contributed by atoms with Crippen LogP contribution in [0.3, 0.4) is 0 Å². The summed E-state index contributed by atoms with van der Waals surface area (Å²) in [5.41, 5.74) is 2.15. The molecule has 1 aromatic heterocycles. The van der Waals surface area contributed by atoms with Gasteiger partial charge in [0.25, 0.3) is 11.8 Å². The Labute approximate surface area is 211 Å². The third-order valence-corrected chi connectivity index (χ3v) is 5.99. The van der Waals surface area contributed by atoms with E-state index in [1.807, 2.05) is 50.2 Å². The van der Waals surface area contributed by atoms with E-state index < -0.39 is 11.8 Å². The topological polar surface area (TPSA) is 88.8 Å². The number of ether oxygens (including phenoxy) is 1. The fourth-order valence-corrected chi connectivity index (χ4v) is 4.33. The van der Waals surface area contributed by atoms with Crippen molar-refractivity contribution in [3.8, 4) is 11.5 Å². The second kappa shape index (κ2) is 9.24. The van der Waals surface area contributed by atoms with E-state index in [2.05, 4.69) is 5.32 Å². The highest BCUT2D eigenvalue weighted by Gasteiger charge is 2.34. The first-order valence-corrected chi connectivity index (χ1v) is 11.5. The predicted octanol–water partition coefficient (Wildman–Crippen LogP) is 5.03. The second-order valence-corrected chi connectivity index (χ2v) is 8.73. The van der Waals surface area contributed by atoms with Crippen molar-refractivity contribution in [1.82, 2.24) is 5.32 Å². The number of para-hydroxylation sites is 1. The molecule has 0 radical (unpaired) electrons. The van der Waals surface area contributed by atoms with E-state index in [-0.39, 0.29) is 21.7 Å². The van der Waals surface area contributed by atoms with Crippen LogP contribution in [0.25, 0.3) is 17.0 Å². The van der Waals surface area contributed by atoms with Gasteiger partial charge < -0.3 is 9.15 Å². The number of carbonyl (C=O) groups excluding carboxylic acids is 2. The van der Waals surface area contributed by atoms with Gasteiger partial charge in [0.2, 0.25) is 0 Å². The van der Waals surface area contributed by atoms with Crippen molar-refractivity contribution in [2.45, 2.75) is 13.8 Å². The quantitative estimate of drug-likeness (QED) is 0.242. The first kappa shape index (κ1) is 23.2. The maximum absolute atomic E-state index is 13.4. The predicted molar refractivity (Wildman–Crippen MR) is 141 cm³/mol. The summed E-state index contributed by atoms with van der Waals surface area (Å²) < 4.78 is 11.5. The van der Waals surface area contributed by atoms with Crippen LogP contribution in [0.4, 0.5) is 5.69 Å². The first-order valence-electron chi connectivity index (χ1n) is 11.1. The summed E-state index contributed by atoms with van der Waals surface area (Å²) in [6, 6.07) is 19.6. The van der Waals surface area contributed by atoms with E-state index in [4.69, 9.17) is 21.4 Å². The zero-order chi connectivity index (χ0) is 25.4. The molecule has 1 fully saturated rings. The number of rotatable bonds is 4. The van der Waals surface area contributed by atoms with Crippen LogP contribution in [0.5, 0.6) is 11.5 Å². The van der Waals surface area contributed by atoms with Gasteiger partial charge in [0.1, 0.15) is 28.9 Å². The molecule has 4 aromatic rings. The molecule has 1 aliphatic rings. The molecule has 0 bridgehead atoms. The smallest absolute Gasteiger partial charge is 0.270 e. The molecule has 36 heavy (non-hydrogen) atoms. The van der Waals surface area contributed by atoms with Crippen molar-refractivity contribution >= 4 is 51.9 Å². The number of hydrogen-bond donors (Lipinski definition) is 1. The van der Waals surface area contributed by atoms with Crippen molar-refractivity contribution in [3.05, 3.63) is 105 Å². The minimum atomic E-state index is -0.690. The number of carbonyl (C=O) groups is 2. The van der Waals surface area contributed by atoms with Gasteiger partial charge in [0, 0.05) is 0 Å². The summed E-state index contributed by atoms with van der Waals surface area (Å²) in [6.07, 6.45) is 2.50. The second-order valence-electron chi connectivity index (χ2n) is 8.35. The molecule has 0 atom stereocenters. The van der Waals surface area contributed by atoms with E-state index >= 15 is 0 Å². The van der Waals surface area contributed by atoms with Gasteiger partial charge in [-0.25, -0.2) is 0 Å². The van der Waals surface area contributed by atoms with Crippen LogP contribution in [0, 0.1) is 13.8 Å². The number of amides is 2. The molecule has 5 rings (SSSR count).